The molecule has 1 unspecified atom stereocenters. The SMILES string of the molecule is Cc1nc(CC(=O)N2CCC(CS(N)(=O)=O)C2)cs1. The zero-order chi connectivity index (χ0) is 14.0. The van der Waals surface area contributed by atoms with Gasteiger partial charge in [-0.2, -0.15) is 0 Å². The van der Waals surface area contributed by atoms with Crippen molar-refractivity contribution in [2.45, 2.75) is 19.8 Å². The third-order valence-electron chi connectivity index (χ3n) is 3.11. The van der Waals surface area contributed by atoms with Crippen LogP contribution in [0.1, 0.15) is 17.1 Å². The van der Waals surface area contributed by atoms with E-state index in [0.717, 1.165) is 10.7 Å². The molecule has 0 saturated carbocycles. The molecule has 19 heavy (non-hydrogen) atoms. The summed E-state index contributed by atoms with van der Waals surface area (Å²) in [7, 11) is -3.46. The number of hydrogen-bond acceptors (Lipinski definition) is 5. The van der Waals surface area contributed by atoms with Crippen molar-refractivity contribution in [1.29, 1.82) is 0 Å². The van der Waals surface area contributed by atoms with Crippen LogP contribution in [0.15, 0.2) is 5.38 Å². The van der Waals surface area contributed by atoms with Gasteiger partial charge in [0.15, 0.2) is 0 Å². The van der Waals surface area contributed by atoms with Crippen LogP contribution in [0.4, 0.5) is 0 Å². The Morgan fingerprint density at radius 3 is 2.95 bits per heavy atom. The highest BCUT2D eigenvalue weighted by molar-refractivity contribution is 7.89. The Balaban J connectivity index is 1.88. The van der Waals surface area contributed by atoms with Gasteiger partial charge in [0.05, 0.1) is 22.9 Å². The topological polar surface area (TPSA) is 93.4 Å². The molecule has 6 nitrogen and oxygen atoms in total. The Morgan fingerprint density at radius 2 is 2.37 bits per heavy atom. The average molecular weight is 303 g/mol. The van der Waals surface area contributed by atoms with Gasteiger partial charge in [-0.25, -0.2) is 18.5 Å². The highest BCUT2D eigenvalue weighted by atomic mass is 32.2. The minimum atomic E-state index is -3.46. The number of hydrogen-bond donors (Lipinski definition) is 1. The Labute approximate surface area is 116 Å². The highest BCUT2D eigenvalue weighted by Gasteiger charge is 2.28. The fourth-order valence-electron chi connectivity index (χ4n) is 2.28. The van der Waals surface area contributed by atoms with Crippen LogP contribution < -0.4 is 5.14 Å². The van der Waals surface area contributed by atoms with Gasteiger partial charge in [-0.1, -0.05) is 0 Å². The number of carbonyl (C=O) groups is 1. The second-order valence-corrected chi connectivity index (χ2v) is 7.58. The van der Waals surface area contributed by atoms with E-state index in [1.165, 1.54) is 11.3 Å². The summed E-state index contributed by atoms with van der Waals surface area (Å²) in [4.78, 5) is 18.0. The third-order valence-corrected chi connectivity index (χ3v) is 4.86. The van der Waals surface area contributed by atoms with Gasteiger partial charge in [0.2, 0.25) is 15.9 Å². The number of sulfonamides is 1. The lowest BCUT2D eigenvalue weighted by Gasteiger charge is -2.15. The molecule has 2 N–H and O–H groups in total. The van der Waals surface area contributed by atoms with Gasteiger partial charge < -0.3 is 4.90 Å². The van der Waals surface area contributed by atoms with E-state index >= 15 is 0 Å². The summed E-state index contributed by atoms with van der Waals surface area (Å²) in [6.07, 6.45) is 0.977. The molecule has 0 radical (unpaired) electrons. The average Bonchev–Trinajstić information content (AvgIpc) is 2.85. The molecule has 1 aromatic rings. The van der Waals surface area contributed by atoms with Crippen LogP contribution in [0.3, 0.4) is 0 Å². The number of primary sulfonamides is 1. The standard InChI is InChI=1S/C11H17N3O3S2/c1-8-13-10(6-18-8)4-11(15)14-3-2-9(5-14)7-19(12,16)17/h6,9H,2-5,7H2,1H3,(H2,12,16,17). The lowest BCUT2D eigenvalue weighted by molar-refractivity contribution is -0.129. The molecule has 1 fully saturated rings. The maximum atomic E-state index is 12.0. The van der Waals surface area contributed by atoms with E-state index < -0.39 is 10.0 Å². The van der Waals surface area contributed by atoms with Gasteiger partial charge in [-0.15, -0.1) is 11.3 Å². The maximum absolute atomic E-state index is 12.0. The van der Waals surface area contributed by atoms with Crippen LogP contribution in [-0.2, 0) is 21.2 Å². The van der Waals surface area contributed by atoms with Crippen LogP contribution in [0.5, 0.6) is 0 Å². The van der Waals surface area contributed by atoms with Crippen molar-refractivity contribution >= 4 is 27.3 Å². The van der Waals surface area contributed by atoms with Gasteiger partial charge in [0.1, 0.15) is 0 Å². The molecule has 1 amide bonds. The first-order chi connectivity index (χ1) is 8.83. The highest BCUT2D eigenvalue weighted by Crippen LogP contribution is 2.19. The molecule has 1 aromatic heterocycles. The number of rotatable bonds is 4. The summed E-state index contributed by atoms with van der Waals surface area (Å²) in [5.74, 6) is -0.0922. The minimum absolute atomic E-state index is 0.00205. The van der Waals surface area contributed by atoms with Crippen molar-refractivity contribution in [3.05, 3.63) is 16.1 Å². The van der Waals surface area contributed by atoms with Gasteiger partial charge in [0.25, 0.3) is 0 Å². The Bertz CT molecular complexity index is 567. The van der Waals surface area contributed by atoms with Gasteiger partial charge in [0, 0.05) is 18.5 Å². The Hall–Kier alpha value is -0.990. The molecule has 2 rings (SSSR count). The fourth-order valence-corrected chi connectivity index (χ4v) is 3.82. The lowest BCUT2D eigenvalue weighted by Crippen LogP contribution is -2.31. The van der Waals surface area contributed by atoms with E-state index in [9.17, 15) is 13.2 Å². The summed E-state index contributed by atoms with van der Waals surface area (Å²) >= 11 is 1.52. The van der Waals surface area contributed by atoms with Crippen molar-refractivity contribution in [3.63, 3.8) is 0 Å². The van der Waals surface area contributed by atoms with Crippen LogP contribution in [0.25, 0.3) is 0 Å². The lowest BCUT2D eigenvalue weighted by atomic mass is 10.2. The van der Waals surface area contributed by atoms with E-state index in [1.54, 1.807) is 4.90 Å². The largest absolute Gasteiger partial charge is 0.342 e. The zero-order valence-electron chi connectivity index (χ0n) is 10.7. The van der Waals surface area contributed by atoms with E-state index in [1.807, 2.05) is 12.3 Å². The normalized spacial score (nSPS) is 19.9. The number of carbonyl (C=O) groups excluding carboxylic acids is 1. The Kier molecular flexibility index (Phi) is 4.22. The smallest absolute Gasteiger partial charge is 0.228 e. The molecule has 8 heteroatoms. The van der Waals surface area contributed by atoms with Crippen LogP contribution in [0.2, 0.25) is 0 Å². The van der Waals surface area contributed by atoms with Crippen LogP contribution in [-0.4, -0.2) is 43.1 Å². The molecule has 1 atom stereocenters. The molecule has 1 saturated heterocycles. The van der Waals surface area contributed by atoms with E-state index in [0.29, 0.717) is 19.5 Å². The predicted molar refractivity (Wildman–Crippen MR) is 73.2 cm³/mol. The van der Waals surface area contributed by atoms with Crippen molar-refractivity contribution in [3.8, 4) is 0 Å². The van der Waals surface area contributed by atoms with E-state index in [-0.39, 0.29) is 24.0 Å². The first-order valence-electron chi connectivity index (χ1n) is 6.03. The van der Waals surface area contributed by atoms with Crippen LogP contribution in [0, 0.1) is 12.8 Å². The second kappa shape index (κ2) is 5.56. The number of aryl methyl sites for hydroxylation is 1. The summed E-state index contributed by atoms with van der Waals surface area (Å²) < 4.78 is 22.0. The first kappa shape index (κ1) is 14.4. The number of nitrogens with two attached hydrogens (primary N) is 1. The molecule has 0 bridgehead atoms. The quantitative estimate of drug-likeness (QED) is 0.855. The molecule has 1 aliphatic heterocycles. The second-order valence-electron chi connectivity index (χ2n) is 4.86. The van der Waals surface area contributed by atoms with Crippen LogP contribution >= 0.6 is 11.3 Å². The Morgan fingerprint density at radius 1 is 1.63 bits per heavy atom. The van der Waals surface area contributed by atoms with E-state index in [2.05, 4.69) is 4.98 Å². The zero-order valence-corrected chi connectivity index (χ0v) is 12.3. The van der Waals surface area contributed by atoms with E-state index in [4.69, 9.17) is 5.14 Å². The maximum Gasteiger partial charge on any atom is 0.228 e. The first-order valence-corrected chi connectivity index (χ1v) is 8.62. The summed E-state index contributed by atoms with van der Waals surface area (Å²) in [6, 6.07) is 0. The fraction of sp³-hybridized carbons (Fsp3) is 0.636. The summed E-state index contributed by atoms with van der Waals surface area (Å²) in [6.45, 7) is 2.97. The number of aromatic nitrogens is 1. The summed E-state index contributed by atoms with van der Waals surface area (Å²) in [5, 5.41) is 7.84. The van der Waals surface area contributed by atoms with Gasteiger partial charge in [-0.05, 0) is 19.3 Å². The summed E-state index contributed by atoms with van der Waals surface area (Å²) in [5.41, 5.74) is 0.780. The third kappa shape index (κ3) is 4.26. The van der Waals surface area contributed by atoms with Crippen molar-refractivity contribution in [1.82, 2.24) is 9.88 Å². The number of thiazole rings is 1. The number of amides is 1. The van der Waals surface area contributed by atoms with Crippen molar-refractivity contribution in [2.75, 3.05) is 18.8 Å². The van der Waals surface area contributed by atoms with Crippen molar-refractivity contribution in [2.24, 2.45) is 11.1 Å². The molecular weight excluding hydrogens is 286 g/mol. The van der Waals surface area contributed by atoms with Crippen molar-refractivity contribution < 1.29 is 13.2 Å². The molecule has 0 spiro atoms. The monoisotopic (exact) mass is 303 g/mol. The van der Waals surface area contributed by atoms with Gasteiger partial charge >= 0.3 is 0 Å². The predicted octanol–water partition coefficient (Wildman–Crippen LogP) is 0.131. The molecule has 2 heterocycles. The molecule has 0 aliphatic carbocycles. The van der Waals surface area contributed by atoms with Gasteiger partial charge in [-0.3, -0.25) is 4.79 Å². The molecular formula is C11H17N3O3S2. The minimum Gasteiger partial charge on any atom is -0.342 e. The molecule has 1 aliphatic rings. The number of likely N-dealkylation sites (tertiary alicyclic amines) is 1. The number of nitrogens with zero attached hydrogens (tertiary/aromatic N) is 2. The molecule has 0 aromatic carbocycles. The molecule has 106 valence electrons.